The summed E-state index contributed by atoms with van der Waals surface area (Å²) in [4.78, 5) is 32.3. The summed E-state index contributed by atoms with van der Waals surface area (Å²) in [6.45, 7) is 1.31. The number of hydrogen-bond donors (Lipinski definition) is 2. The van der Waals surface area contributed by atoms with E-state index in [0.29, 0.717) is 43.1 Å². The van der Waals surface area contributed by atoms with Gasteiger partial charge in [-0.15, -0.1) is 0 Å². The van der Waals surface area contributed by atoms with Crippen LogP contribution < -0.4 is 10.9 Å². The van der Waals surface area contributed by atoms with E-state index in [1.807, 2.05) is 30.3 Å². The molecular weight excluding hydrogens is 439 g/mol. The van der Waals surface area contributed by atoms with Gasteiger partial charge in [-0.1, -0.05) is 42.5 Å². The Hall–Kier alpha value is -3.72. The third-order valence-electron chi connectivity index (χ3n) is 5.65. The van der Waals surface area contributed by atoms with E-state index in [2.05, 4.69) is 10.3 Å². The van der Waals surface area contributed by atoms with E-state index < -0.39 is 6.09 Å². The first-order valence-corrected chi connectivity index (χ1v) is 11.2. The Morgan fingerprint density at radius 3 is 2.62 bits per heavy atom. The van der Waals surface area contributed by atoms with Gasteiger partial charge >= 0.3 is 6.09 Å². The minimum absolute atomic E-state index is 0.0141. The van der Waals surface area contributed by atoms with Gasteiger partial charge in [0.1, 0.15) is 12.4 Å². The molecule has 0 aliphatic carbocycles. The van der Waals surface area contributed by atoms with Gasteiger partial charge in [-0.2, -0.15) is 0 Å². The van der Waals surface area contributed by atoms with Crippen molar-refractivity contribution in [2.24, 2.45) is 0 Å². The first-order chi connectivity index (χ1) is 16.5. The summed E-state index contributed by atoms with van der Waals surface area (Å²) >= 11 is 0. The van der Waals surface area contributed by atoms with E-state index in [-0.39, 0.29) is 37.7 Å². The minimum Gasteiger partial charge on any atom is -0.445 e. The van der Waals surface area contributed by atoms with Crippen molar-refractivity contribution >= 4 is 12.0 Å². The summed E-state index contributed by atoms with van der Waals surface area (Å²) in [5.74, 6) is 0.0345. The third-order valence-corrected chi connectivity index (χ3v) is 5.65. The number of carbonyl (C=O) groups excluding carboxylic acids is 1. The zero-order valence-corrected chi connectivity index (χ0v) is 18.7. The molecule has 1 aliphatic rings. The Morgan fingerprint density at radius 2 is 1.88 bits per heavy atom. The van der Waals surface area contributed by atoms with Crippen molar-refractivity contribution in [1.29, 1.82) is 0 Å². The van der Waals surface area contributed by atoms with Gasteiger partial charge in [0, 0.05) is 26.1 Å². The molecule has 34 heavy (non-hydrogen) atoms. The highest BCUT2D eigenvalue weighted by Gasteiger charge is 2.27. The Labute approximate surface area is 196 Å². The minimum atomic E-state index is -0.482. The van der Waals surface area contributed by atoms with Gasteiger partial charge < -0.3 is 20.1 Å². The van der Waals surface area contributed by atoms with E-state index in [1.54, 1.807) is 12.1 Å². The van der Waals surface area contributed by atoms with Crippen molar-refractivity contribution in [3.63, 3.8) is 0 Å². The molecule has 1 aromatic heterocycles. The second-order valence-electron chi connectivity index (χ2n) is 8.09. The summed E-state index contributed by atoms with van der Waals surface area (Å²) < 4.78 is 20.3. The molecule has 4 rings (SSSR count). The molecule has 0 saturated heterocycles. The highest BCUT2D eigenvalue weighted by molar-refractivity contribution is 5.68. The Kier molecular flexibility index (Phi) is 7.54. The third kappa shape index (κ3) is 5.60. The number of carbonyl (C=O) groups is 1. The van der Waals surface area contributed by atoms with Crippen LogP contribution in [0.4, 0.5) is 15.1 Å². The van der Waals surface area contributed by atoms with Crippen molar-refractivity contribution in [3.8, 4) is 0 Å². The summed E-state index contributed by atoms with van der Waals surface area (Å²) in [6.07, 6.45) is 0.450. The zero-order chi connectivity index (χ0) is 23.9. The summed E-state index contributed by atoms with van der Waals surface area (Å²) in [5, 5.41) is 12.2. The number of fused-ring (bicyclic) bond motifs is 1. The lowest BCUT2D eigenvalue weighted by atomic mass is 10.1. The fourth-order valence-corrected chi connectivity index (χ4v) is 3.81. The Bertz CT molecular complexity index is 1180. The molecule has 0 atom stereocenters. The van der Waals surface area contributed by atoms with Gasteiger partial charge in [-0.25, -0.2) is 14.2 Å². The fraction of sp³-hybridized carbons (Fsp3) is 0.320. The second kappa shape index (κ2) is 10.9. The number of nitrogens with one attached hydrogen (secondary N) is 1. The quantitative estimate of drug-likeness (QED) is 0.496. The lowest BCUT2D eigenvalue weighted by Gasteiger charge is -2.28. The molecule has 1 aliphatic heterocycles. The molecule has 0 spiro atoms. The second-order valence-corrected chi connectivity index (χ2v) is 8.09. The van der Waals surface area contributed by atoms with E-state index in [0.717, 1.165) is 11.1 Å². The largest absolute Gasteiger partial charge is 0.445 e. The van der Waals surface area contributed by atoms with Crippen molar-refractivity contribution < 1.29 is 19.0 Å². The summed E-state index contributed by atoms with van der Waals surface area (Å²) in [5.41, 5.74) is 2.44. The number of hydrogen-bond acceptors (Lipinski definition) is 6. The van der Waals surface area contributed by atoms with Gasteiger partial charge in [0.25, 0.3) is 5.56 Å². The van der Waals surface area contributed by atoms with Gasteiger partial charge in [-0.05, 0) is 29.7 Å². The van der Waals surface area contributed by atoms with E-state index in [9.17, 15) is 14.0 Å². The van der Waals surface area contributed by atoms with Crippen LogP contribution >= 0.6 is 0 Å². The molecule has 0 saturated carbocycles. The maximum atomic E-state index is 13.5. The number of amides is 1. The number of aromatic nitrogens is 2. The zero-order valence-electron chi connectivity index (χ0n) is 18.7. The monoisotopic (exact) mass is 466 g/mol. The summed E-state index contributed by atoms with van der Waals surface area (Å²) in [7, 11) is 0. The number of ether oxygens (including phenoxy) is 1. The molecule has 2 aromatic carbocycles. The SMILES string of the molecule is O=C(OCc1ccccc1)N1CCc2nc(NCCCO)n(Cc3ccc(F)cc3)c(=O)c2C1. The van der Waals surface area contributed by atoms with E-state index >= 15 is 0 Å². The number of aliphatic hydroxyl groups excluding tert-OH is 1. The van der Waals surface area contributed by atoms with E-state index in [4.69, 9.17) is 9.84 Å². The van der Waals surface area contributed by atoms with Crippen LogP contribution in [0.15, 0.2) is 59.4 Å². The van der Waals surface area contributed by atoms with Gasteiger partial charge in [0.05, 0.1) is 24.3 Å². The average Bonchev–Trinajstić information content (AvgIpc) is 2.86. The van der Waals surface area contributed by atoms with Crippen LogP contribution in [0.1, 0.15) is 28.8 Å². The van der Waals surface area contributed by atoms with Crippen molar-refractivity contribution in [1.82, 2.24) is 14.5 Å². The first kappa shape index (κ1) is 23.4. The van der Waals surface area contributed by atoms with Crippen LogP contribution in [0.5, 0.6) is 0 Å². The van der Waals surface area contributed by atoms with Crippen LogP contribution in [0, 0.1) is 5.82 Å². The predicted molar refractivity (Wildman–Crippen MR) is 125 cm³/mol. The van der Waals surface area contributed by atoms with Gasteiger partial charge in [0.15, 0.2) is 0 Å². The molecule has 3 aromatic rings. The fourth-order valence-electron chi connectivity index (χ4n) is 3.81. The Morgan fingerprint density at radius 1 is 1.12 bits per heavy atom. The average molecular weight is 467 g/mol. The van der Waals surface area contributed by atoms with Crippen molar-refractivity contribution in [3.05, 3.63) is 93.2 Å². The predicted octanol–water partition coefficient (Wildman–Crippen LogP) is 2.92. The number of halogens is 1. The van der Waals surface area contributed by atoms with Crippen LogP contribution in [0.3, 0.4) is 0 Å². The maximum Gasteiger partial charge on any atom is 0.410 e. The first-order valence-electron chi connectivity index (χ1n) is 11.2. The molecule has 0 unspecified atom stereocenters. The van der Waals surface area contributed by atoms with Crippen molar-refractivity contribution in [2.75, 3.05) is 25.0 Å². The standard InChI is InChI=1S/C25H27FN4O4/c26-20-9-7-18(8-10-20)15-30-23(32)21-16-29(25(33)34-17-19-5-2-1-3-6-19)13-11-22(21)28-24(30)27-12-4-14-31/h1-3,5-10,31H,4,11-17H2,(H,27,28). The smallest absolute Gasteiger partial charge is 0.410 e. The number of benzene rings is 2. The topological polar surface area (TPSA) is 96.7 Å². The molecule has 2 N–H and O–H groups in total. The molecular formula is C25H27FN4O4. The lowest BCUT2D eigenvalue weighted by molar-refractivity contribution is 0.0913. The van der Waals surface area contributed by atoms with E-state index in [1.165, 1.54) is 21.6 Å². The van der Waals surface area contributed by atoms with Crippen LogP contribution in [-0.2, 0) is 30.9 Å². The highest BCUT2D eigenvalue weighted by atomic mass is 19.1. The number of rotatable bonds is 8. The lowest BCUT2D eigenvalue weighted by Crippen LogP contribution is -2.42. The number of aliphatic hydroxyl groups is 1. The van der Waals surface area contributed by atoms with Gasteiger partial charge in [-0.3, -0.25) is 9.36 Å². The van der Waals surface area contributed by atoms with Crippen molar-refractivity contribution in [2.45, 2.75) is 32.5 Å². The number of nitrogens with zero attached hydrogens (tertiary/aromatic N) is 3. The molecule has 8 nitrogen and oxygen atoms in total. The molecule has 1 amide bonds. The molecule has 9 heteroatoms. The Balaban J connectivity index is 1.56. The molecule has 0 bridgehead atoms. The molecule has 2 heterocycles. The molecule has 0 radical (unpaired) electrons. The van der Waals surface area contributed by atoms with Crippen LogP contribution in [0.2, 0.25) is 0 Å². The van der Waals surface area contributed by atoms with Crippen LogP contribution in [-0.4, -0.2) is 45.3 Å². The molecule has 0 fully saturated rings. The summed E-state index contributed by atoms with van der Waals surface area (Å²) in [6, 6.07) is 15.3. The normalized spacial score (nSPS) is 12.8. The number of anilines is 1. The highest BCUT2D eigenvalue weighted by Crippen LogP contribution is 2.19. The van der Waals surface area contributed by atoms with Gasteiger partial charge in [0.2, 0.25) is 5.95 Å². The van der Waals surface area contributed by atoms with Crippen LogP contribution in [0.25, 0.3) is 0 Å². The molecule has 178 valence electrons. The maximum absolute atomic E-state index is 13.5.